The fraction of sp³-hybridized carbons (Fsp3) is 1.00. The van der Waals surface area contributed by atoms with Crippen molar-refractivity contribution in [3.8, 4) is 0 Å². The van der Waals surface area contributed by atoms with Crippen molar-refractivity contribution in [3.63, 3.8) is 0 Å². The van der Waals surface area contributed by atoms with E-state index in [9.17, 15) is 0 Å². The summed E-state index contributed by atoms with van der Waals surface area (Å²) in [5, 5.41) is 8.80. The van der Waals surface area contributed by atoms with Gasteiger partial charge in [0.2, 0.25) is 0 Å². The summed E-state index contributed by atoms with van der Waals surface area (Å²) in [6, 6.07) is 0. The zero-order chi connectivity index (χ0) is 11.7. The molecule has 1 aliphatic carbocycles. The normalized spacial score (nSPS) is 39.6. The Bertz CT molecular complexity index is 213. The van der Waals surface area contributed by atoms with Crippen LogP contribution in [0.15, 0.2) is 0 Å². The predicted molar refractivity (Wildman–Crippen MR) is 62.6 cm³/mol. The SMILES string of the molecule is CCC1CC(CC)C(C)(COO)C1(C)C. The second-order valence-corrected chi connectivity index (χ2v) is 5.86. The molecular weight excluding hydrogens is 188 g/mol. The molecular formula is C13H26O2. The van der Waals surface area contributed by atoms with Crippen LogP contribution in [-0.4, -0.2) is 11.9 Å². The van der Waals surface area contributed by atoms with Crippen LogP contribution in [0.4, 0.5) is 0 Å². The summed E-state index contributed by atoms with van der Waals surface area (Å²) in [6.07, 6.45) is 3.68. The largest absolute Gasteiger partial charge is 0.252 e. The molecule has 2 nitrogen and oxygen atoms in total. The van der Waals surface area contributed by atoms with Gasteiger partial charge in [0, 0.05) is 5.41 Å². The molecule has 0 radical (unpaired) electrons. The zero-order valence-corrected chi connectivity index (χ0v) is 10.8. The Balaban J connectivity index is 2.98. The highest BCUT2D eigenvalue weighted by Crippen LogP contribution is 2.60. The first-order valence-corrected chi connectivity index (χ1v) is 6.20. The van der Waals surface area contributed by atoms with E-state index >= 15 is 0 Å². The molecule has 0 aromatic heterocycles. The van der Waals surface area contributed by atoms with Gasteiger partial charge < -0.3 is 0 Å². The van der Waals surface area contributed by atoms with E-state index in [1.165, 1.54) is 19.3 Å². The maximum atomic E-state index is 8.80. The van der Waals surface area contributed by atoms with Gasteiger partial charge in [0.25, 0.3) is 0 Å². The fourth-order valence-corrected chi connectivity index (χ4v) is 3.62. The van der Waals surface area contributed by atoms with Crippen molar-refractivity contribution in [1.82, 2.24) is 0 Å². The van der Waals surface area contributed by atoms with Crippen LogP contribution in [0.5, 0.6) is 0 Å². The van der Waals surface area contributed by atoms with Gasteiger partial charge in [-0.05, 0) is 23.7 Å². The molecule has 0 aliphatic heterocycles. The van der Waals surface area contributed by atoms with E-state index in [1.54, 1.807) is 0 Å². The van der Waals surface area contributed by atoms with Crippen LogP contribution in [0.25, 0.3) is 0 Å². The maximum absolute atomic E-state index is 8.80. The molecule has 15 heavy (non-hydrogen) atoms. The van der Waals surface area contributed by atoms with Crippen LogP contribution < -0.4 is 0 Å². The van der Waals surface area contributed by atoms with Gasteiger partial charge in [-0.2, -0.15) is 0 Å². The van der Waals surface area contributed by atoms with Crippen molar-refractivity contribution in [1.29, 1.82) is 0 Å². The van der Waals surface area contributed by atoms with Gasteiger partial charge in [0.05, 0.1) is 6.61 Å². The standard InChI is InChI=1S/C13H26O2/c1-6-10-8-11(7-2)13(5,9-15-14)12(10,3)4/h10-11,14H,6-9H2,1-5H3. The molecule has 0 amide bonds. The molecule has 0 bridgehead atoms. The Morgan fingerprint density at radius 3 is 2.07 bits per heavy atom. The molecule has 0 saturated heterocycles. The number of rotatable bonds is 4. The van der Waals surface area contributed by atoms with E-state index in [2.05, 4.69) is 39.5 Å². The van der Waals surface area contributed by atoms with Gasteiger partial charge in [-0.3, -0.25) is 5.26 Å². The second kappa shape index (κ2) is 4.42. The van der Waals surface area contributed by atoms with Crippen molar-refractivity contribution >= 4 is 0 Å². The minimum absolute atomic E-state index is 0.108. The lowest BCUT2D eigenvalue weighted by Gasteiger charge is -2.43. The zero-order valence-electron chi connectivity index (χ0n) is 10.8. The molecule has 1 saturated carbocycles. The second-order valence-electron chi connectivity index (χ2n) is 5.86. The molecule has 1 N–H and O–H groups in total. The summed E-state index contributed by atoms with van der Waals surface area (Å²) < 4.78 is 0. The average molecular weight is 214 g/mol. The molecule has 3 atom stereocenters. The highest BCUT2D eigenvalue weighted by molar-refractivity contribution is 5.03. The smallest absolute Gasteiger partial charge is 0.0881 e. The van der Waals surface area contributed by atoms with Gasteiger partial charge in [-0.1, -0.05) is 47.5 Å². The molecule has 1 fully saturated rings. The van der Waals surface area contributed by atoms with Crippen molar-refractivity contribution in [2.24, 2.45) is 22.7 Å². The Kier molecular flexibility index (Phi) is 3.83. The Labute approximate surface area is 93.9 Å². The average Bonchev–Trinajstić information content (AvgIpc) is 2.36. The summed E-state index contributed by atoms with van der Waals surface area (Å²) >= 11 is 0. The minimum atomic E-state index is 0.108. The molecule has 1 aliphatic rings. The van der Waals surface area contributed by atoms with E-state index in [-0.39, 0.29) is 10.8 Å². The van der Waals surface area contributed by atoms with Crippen LogP contribution in [0.2, 0.25) is 0 Å². The minimum Gasteiger partial charge on any atom is -0.252 e. The molecule has 90 valence electrons. The molecule has 3 unspecified atom stereocenters. The van der Waals surface area contributed by atoms with Gasteiger partial charge in [0.1, 0.15) is 0 Å². The van der Waals surface area contributed by atoms with Gasteiger partial charge in [0.15, 0.2) is 0 Å². The molecule has 0 spiro atoms. The summed E-state index contributed by atoms with van der Waals surface area (Å²) in [6.45, 7) is 11.9. The van der Waals surface area contributed by atoms with Crippen LogP contribution in [0.3, 0.4) is 0 Å². The van der Waals surface area contributed by atoms with E-state index in [0.717, 1.165) is 5.92 Å². The number of hydrogen-bond acceptors (Lipinski definition) is 2. The first-order valence-electron chi connectivity index (χ1n) is 6.20. The summed E-state index contributed by atoms with van der Waals surface area (Å²) in [7, 11) is 0. The lowest BCUT2D eigenvalue weighted by atomic mass is 9.63. The first kappa shape index (κ1) is 13.0. The Hall–Kier alpha value is -0.0800. The van der Waals surface area contributed by atoms with Gasteiger partial charge >= 0.3 is 0 Å². The molecule has 0 aromatic carbocycles. The number of hydrogen-bond donors (Lipinski definition) is 1. The molecule has 0 aromatic rings. The maximum Gasteiger partial charge on any atom is 0.0881 e. The van der Waals surface area contributed by atoms with Crippen molar-refractivity contribution in [2.45, 2.75) is 53.9 Å². The van der Waals surface area contributed by atoms with Crippen LogP contribution >= 0.6 is 0 Å². The van der Waals surface area contributed by atoms with Crippen molar-refractivity contribution < 1.29 is 10.1 Å². The van der Waals surface area contributed by atoms with Crippen LogP contribution in [0.1, 0.15) is 53.9 Å². The first-order chi connectivity index (χ1) is 6.94. The van der Waals surface area contributed by atoms with E-state index in [4.69, 9.17) is 5.26 Å². The monoisotopic (exact) mass is 214 g/mol. The van der Waals surface area contributed by atoms with E-state index in [0.29, 0.717) is 12.5 Å². The summed E-state index contributed by atoms with van der Waals surface area (Å²) in [5.41, 5.74) is 0.363. The third-order valence-electron chi connectivity index (χ3n) is 5.31. The lowest BCUT2D eigenvalue weighted by molar-refractivity contribution is -0.274. The Morgan fingerprint density at radius 1 is 1.13 bits per heavy atom. The van der Waals surface area contributed by atoms with Crippen molar-refractivity contribution in [3.05, 3.63) is 0 Å². The van der Waals surface area contributed by atoms with Gasteiger partial charge in [-0.15, -0.1) is 0 Å². The van der Waals surface area contributed by atoms with Crippen molar-refractivity contribution in [2.75, 3.05) is 6.61 Å². The highest BCUT2D eigenvalue weighted by atomic mass is 17.1. The van der Waals surface area contributed by atoms with Crippen LogP contribution in [-0.2, 0) is 4.89 Å². The molecule has 2 heteroatoms. The third kappa shape index (κ3) is 1.83. The summed E-state index contributed by atoms with van der Waals surface area (Å²) in [5.74, 6) is 1.42. The topological polar surface area (TPSA) is 29.5 Å². The quantitative estimate of drug-likeness (QED) is 0.567. The predicted octanol–water partition coefficient (Wildman–Crippen LogP) is 3.96. The van der Waals surface area contributed by atoms with Crippen LogP contribution in [0, 0.1) is 22.7 Å². The Morgan fingerprint density at radius 2 is 1.67 bits per heavy atom. The molecule has 0 heterocycles. The fourth-order valence-electron chi connectivity index (χ4n) is 3.62. The summed E-state index contributed by atoms with van der Waals surface area (Å²) in [4.78, 5) is 4.49. The van der Waals surface area contributed by atoms with E-state index in [1.807, 2.05) is 0 Å². The third-order valence-corrected chi connectivity index (χ3v) is 5.31. The van der Waals surface area contributed by atoms with E-state index < -0.39 is 0 Å². The highest BCUT2D eigenvalue weighted by Gasteiger charge is 2.55. The lowest BCUT2D eigenvalue weighted by Crippen LogP contribution is -2.41. The molecule has 1 rings (SSSR count). The van der Waals surface area contributed by atoms with Gasteiger partial charge in [-0.25, -0.2) is 4.89 Å².